The maximum atomic E-state index is 8.88. The van der Waals surface area contributed by atoms with E-state index in [-0.39, 0.29) is 0 Å². The number of rotatable bonds is 1. The molecule has 1 aliphatic rings. The lowest BCUT2D eigenvalue weighted by Crippen LogP contribution is -2.31. The minimum atomic E-state index is 0.611. The third kappa shape index (κ3) is 2.36. The van der Waals surface area contributed by atoms with Crippen LogP contribution in [0.25, 0.3) is 0 Å². The Balaban J connectivity index is 1.91. The number of hydrogen-bond donors (Lipinski definition) is 0. The molecule has 19 heavy (non-hydrogen) atoms. The highest BCUT2D eigenvalue weighted by Crippen LogP contribution is 2.31. The molecule has 0 saturated carbocycles. The van der Waals surface area contributed by atoms with Crippen LogP contribution in [0.5, 0.6) is 0 Å². The smallest absolute Gasteiger partial charge is 0.159 e. The van der Waals surface area contributed by atoms with Crippen molar-refractivity contribution < 1.29 is 0 Å². The average Bonchev–Trinajstić information content (AvgIpc) is 2.77. The van der Waals surface area contributed by atoms with Gasteiger partial charge in [0.2, 0.25) is 0 Å². The van der Waals surface area contributed by atoms with Gasteiger partial charge in [-0.05, 0) is 34.5 Å². The Labute approximate surface area is 123 Å². The highest BCUT2D eigenvalue weighted by atomic mass is 79.9. The van der Waals surface area contributed by atoms with Crippen molar-refractivity contribution in [3.05, 3.63) is 37.9 Å². The van der Waals surface area contributed by atoms with Crippen LogP contribution >= 0.6 is 27.3 Å². The predicted molar refractivity (Wildman–Crippen MR) is 78.3 cm³/mol. The molecule has 0 spiro atoms. The molecule has 96 valence electrons. The van der Waals surface area contributed by atoms with Crippen molar-refractivity contribution >= 4 is 33.1 Å². The summed E-state index contributed by atoms with van der Waals surface area (Å²) in [5, 5.41) is 8.88. The molecule has 0 saturated heterocycles. The number of fused-ring (bicyclic) bond motifs is 1. The minimum Gasteiger partial charge on any atom is -0.351 e. The molecule has 0 aromatic carbocycles. The van der Waals surface area contributed by atoms with Crippen LogP contribution in [-0.2, 0) is 13.0 Å². The number of aryl methyl sites for hydroxylation is 1. The highest BCUT2D eigenvalue weighted by Gasteiger charge is 2.22. The standard InChI is InChI=1S/C13H11BrN4S/c1-8-4-9(5-15)6-16-12(8)18-3-2-10-11(7-18)19-13(14)17-10/h4,6H,2-3,7H2,1H3. The molecule has 0 unspecified atom stereocenters. The number of halogens is 1. The maximum absolute atomic E-state index is 8.88. The number of anilines is 1. The molecule has 0 atom stereocenters. The Morgan fingerprint density at radius 1 is 1.53 bits per heavy atom. The average molecular weight is 335 g/mol. The summed E-state index contributed by atoms with van der Waals surface area (Å²) in [6.07, 6.45) is 2.58. The van der Waals surface area contributed by atoms with E-state index in [4.69, 9.17) is 5.26 Å². The van der Waals surface area contributed by atoms with Gasteiger partial charge < -0.3 is 4.90 Å². The molecule has 0 amide bonds. The molecule has 1 aliphatic heterocycles. The summed E-state index contributed by atoms with van der Waals surface area (Å²) < 4.78 is 0.948. The molecule has 3 rings (SSSR count). The van der Waals surface area contributed by atoms with Crippen molar-refractivity contribution in [2.45, 2.75) is 19.9 Å². The fraction of sp³-hybridized carbons (Fsp3) is 0.308. The first-order chi connectivity index (χ1) is 9.17. The van der Waals surface area contributed by atoms with Crippen molar-refractivity contribution in [1.82, 2.24) is 9.97 Å². The number of nitriles is 1. The zero-order valence-corrected chi connectivity index (χ0v) is 12.8. The topological polar surface area (TPSA) is 52.8 Å². The van der Waals surface area contributed by atoms with E-state index in [9.17, 15) is 0 Å². The Kier molecular flexibility index (Phi) is 3.25. The molecular formula is C13H11BrN4S. The molecule has 0 fully saturated rings. The van der Waals surface area contributed by atoms with E-state index in [1.807, 2.05) is 13.0 Å². The largest absolute Gasteiger partial charge is 0.351 e. The van der Waals surface area contributed by atoms with Crippen LogP contribution in [0.4, 0.5) is 5.82 Å². The first kappa shape index (κ1) is 12.6. The van der Waals surface area contributed by atoms with Crippen molar-refractivity contribution in [3.63, 3.8) is 0 Å². The molecule has 0 bridgehead atoms. The van der Waals surface area contributed by atoms with E-state index in [1.165, 1.54) is 10.6 Å². The molecular weight excluding hydrogens is 324 g/mol. The van der Waals surface area contributed by atoms with Crippen LogP contribution in [0.3, 0.4) is 0 Å². The van der Waals surface area contributed by atoms with E-state index in [2.05, 4.69) is 36.9 Å². The second-order valence-electron chi connectivity index (χ2n) is 4.48. The number of pyridine rings is 1. The van der Waals surface area contributed by atoms with E-state index in [0.717, 1.165) is 34.8 Å². The highest BCUT2D eigenvalue weighted by molar-refractivity contribution is 9.11. The van der Waals surface area contributed by atoms with Gasteiger partial charge in [0.25, 0.3) is 0 Å². The maximum Gasteiger partial charge on any atom is 0.159 e. The summed E-state index contributed by atoms with van der Waals surface area (Å²) in [6, 6.07) is 4.01. The number of thiazole rings is 1. The lowest BCUT2D eigenvalue weighted by molar-refractivity contribution is 0.715. The summed E-state index contributed by atoms with van der Waals surface area (Å²) >= 11 is 5.12. The van der Waals surface area contributed by atoms with E-state index in [0.29, 0.717) is 5.56 Å². The number of aromatic nitrogens is 2. The van der Waals surface area contributed by atoms with Crippen LogP contribution in [0, 0.1) is 18.3 Å². The monoisotopic (exact) mass is 334 g/mol. The zero-order chi connectivity index (χ0) is 13.4. The van der Waals surface area contributed by atoms with Crippen LogP contribution in [-0.4, -0.2) is 16.5 Å². The van der Waals surface area contributed by atoms with E-state index < -0.39 is 0 Å². The second-order valence-corrected chi connectivity index (χ2v) is 6.84. The van der Waals surface area contributed by atoms with Crippen LogP contribution in [0.15, 0.2) is 16.2 Å². The van der Waals surface area contributed by atoms with E-state index >= 15 is 0 Å². The van der Waals surface area contributed by atoms with Gasteiger partial charge in [-0.2, -0.15) is 5.26 Å². The van der Waals surface area contributed by atoms with Gasteiger partial charge in [0.05, 0.1) is 17.8 Å². The predicted octanol–water partition coefficient (Wildman–Crippen LogP) is 3.04. The Morgan fingerprint density at radius 2 is 2.37 bits per heavy atom. The third-order valence-corrected chi connectivity index (χ3v) is 4.72. The lowest BCUT2D eigenvalue weighted by Gasteiger charge is -2.28. The Hall–Kier alpha value is -1.45. The Morgan fingerprint density at radius 3 is 3.11 bits per heavy atom. The molecule has 3 heterocycles. The molecule has 0 radical (unpaired) electrons. The third-order valence-electron chi connectivity index (χ3n) is 3.18. The van der Waals surface area contributed by atoms with Gasteiger partial charge in [-0.25, -0.2) is 9.97 Å². The van der Waals surface area contributed by atoms with Gasteiger partial charge in [0, 0.05) is 24.0 Å². The molecule has 2 aromatic rings. The molecule has 6 heteroatoms. The summed E-state index contributed by atoms with van der Waals surface area (Å²) in [6.45, 7) is 3.77. The molecule has 0 N–H and O–H groups in total. The summed E-state index contributed by atoms with van der Waals surface area (Å²) in [4.78, 5) is 12.5. The number of nitrogens with zero attached hydrogens (tertiary/aromatic N) is 4. The first-order valence-electron chi connectivity index (χ1n) is 5.93. The minimum absolute atomic E-state index is 0.611. The fourth-order valence-electron chi connectivity index (χ4n) is 2.30. The first-order valence-corrected chi connectivity index (χ1v) is 7.54. The SMILES string of the molecule is Cc1cc(C#N)cnc1N1CCc2nc(Br)sc2C1. The number of hydrogen-bond acceptors (Lipinski definition) is 5. The Bertz CT molecular complexity index is 674. The van der Waals surface area contributed by atoms with Gasteiger partial charge in [-0.15, -0.1) is 11.3 Å². The summed E-state index contributed by atoms with van der Waals surface area (Å²) in [7, 11) is 0. The molecule has 4 nitrogen and oxygen atoms in total. The normalized spacial score (nSPS) is 14.1. The van der Waals surface area contributed by atoms with Gasteiger partial charge in [0.1, 0.15) is 11.9 Å². The molecule has 2 aromatic heterocycles. The van der Waals surface area contributed by atoms with Crippen LogP contribution in [0.2, 0.25) is 0 Å². The van der Waals surface area contributed by atoms with Crippen molar-refractivity contribution in [2.75, 3.05) is 11.4 Å². The second kappa shape index (κ2) is 4.91. The van der Waals surface area contributed by atoms with Gasteiger partial charge in [-0.1, -0.05) is 0 Å². The fourth-order valence-corrected chi connectivity index (χ4v) is 3.95. The van der Waals surface area contributed by atoms with Gasteiger partial charge in [-0.3, -0.25) is 0 Å². The van der Waals surface area contributed by atoms with Crippen molar-refractivity contribution in [2.24, 2.45) is 0 Å². The lowest BCUT2D eigenvalue weighted by atomic mass is 10.1. The van der Waals surface area contributed by atoms with Crippen LogP contribution in [0.1, 0.15) is 21.7 Å². The van der Waals surface area contributed by atoms with Gasteiger partial charge >= 0.3 is 0 Å². The summed E-state index contributed by atoms with van der Waals surface area (Å²) in [5.74, 6) is 0.967. The van der Waals surface area contributed by atoms with Gasteiger partial charge in [0.15, 0.2) is 3.92 Å². The van der Waals surface area contributed by atoms with Crippen molar-refractivity contribution in [3.8, 4) is 6.07 Å². The zero-order valence-electron chi connectivity index (χ0n) is 10.4. The molecule has 0 aliphatic carbocycles. The quantitative estimate of drug-likeness (QED) is 0.804. The van der Waals surface area contributed by atoms with Crippen LogP contribution < -0.4 is 4.90 Å². The van der Waals surface area contributed by atoms with E-state index in [1.54, 1.807) is 17.5 Å². The van der Waals surface area contributed by atoms with Crippen molar-refractivity contribution in [1.29, 1.82) is 5.26 Å². The summed E-state index contributed by atoms with van der Waals surface area (Å²) in [5.41, 5.74) is 2.85.